The summed E-state index contributed by atoms with van der Waals surface area (Å²) in [4.78, 5) is 26.8. The number of benzene rings is 3. The molecule has 0 saturated carbocycles. The van der Waals surface area contributed by atoms with Crippen LogP contribution in [0.4, 0.5) is 30.7 Å². The van der Waals surface area contributed by atoms with Crippen LogP contribution < -0.4 is 15.9 Å². The van der Waals surface area contributed by atoms with E-state index in [0.717, 1.165) is 18.4 Å². The van der Waals surface area contributed by atoms with Crippen LogP contribution in [0.2, 0.25) is 0 Å². The van der Waals surface area contributed by atoms with Crippen LogP contribution in [0.15, 0.2) is 120 Å². The van der Waals surface area contributed by atoms with Crippen LogP contribution in [0.25, 0.3) is 0 Å². The van der Waals surface area contributed by atoms with Gasteiger partial charge in [0.05, 0.1) is 17.3 Å². The molecule has 0 N–H and O–H groups in total. The molecule has 0 spiro atoms. The van der Waals surface area contributed by atoms with E-state index in [2.05, 4.69) is 0 Å². The highest BCUT2D eigenvalue weighted by Gasteiger charge is 2.75. The number of alkyl halides is 7. The van der Waals surface area contributed by atoms with Crippen molar-refractivity contribution < 1.29 is 45.1 Å². The molecule has 4 rings (SSSR count). The zero-order valence-corrected chi connectivity index (χ0v) is 23.9. The third-order valence-corrected chi connectivity index (χ3v) is 11.7. The van der Waals surface area contributed by atoms with Gasteiger partial charge in [-0.15, -0.1) is 11.3 Å². The molecule has 0 fully saturated rings. The second-order valence-corrected chi connectivity index (χ2v) is 13.3. The molecule has 4 aromatic rings. The van der Waals surface area contributed by atoms with Crippen LogP contribution in [-0.2, 0) is 9.53 Å². The van der Waals surface area contributed by atoms with Crippen molar-refractivity contribution in [2.45, 2.75) is 18.0 Å². The van der Waals surface area contributed by atoms with Crippen molar-refractivity contribution in [2.75, 3.05) is 7.11 Å². The average Bonchev–Trinajstić information content (AvgIpc) is 3.55. The normalized spacial score (nSPS) is 13.0. The van der Waals surface area contributed by atoms with Gasteiger partial charge in [0.2, 0.25) is 0 Å². The molecule has 1 heterocycles. The minimum atomic E-state index is -6.75. The first-order valence-corrected chi connectivity index (χ1v) is 15.1. The first-order valence-electron chi connectivity index (χ1n) is 12.4. The fourth-order valence-electron chi connectivity index (χ4n) is 4.59. The molecule has 0 bridgehead atoms. The SMILES string of the molecule is COC(=O)C(/C(=C/C(=O)c1cccs1)C(F)(F)C(F)(F)C(F)(F)F)=P(c1ccccc1)(c1ccccc1)c1ccccc1. The summed E-state index contributed by atoms with van der Waals surface area (Å²) >= 11 is 0.754. The lowest BCUT2D eigenvalue weighted by Gasteiger charge is -2.36. The van der Waals surface area contributed by atoms with Crippen LogP contribution in [0.1, 0.15) is 9.67 Å². The fraction of sp³-hybridized carbons (Fsp3) is 0.129. The van der Waals surface area contributed by atoms with E-state index in [4.69, 9.17) is 4.74 Å². The highest BCUT2D eigenvalue weighted by atomic mass is 32.1. The highest BCUT2D eigenvalue weighted by Crippen LogP contribution is 2.55. The van der Waals surface area contributed by atoms with Crippen molar-refractivity contribution in [3.8, 4) is 0 Å². The third kappa shape index (κ3) is 5.71. The average molecular weight is 639 g/mol. The van der Waals surface area contributed by atoms with E-state index >= 15 is 8.78 Å². The molecular weight excluding hydrogens is 616 g/mol. The molecule has 3 aromatic carbocycles. The summed E-state index contributed by atoms with van der Waals surface area (Å²) in [5, 5.41) is 0.691. The topological polar surface area (TPSA) is 43.4 Å². The van der Waals surface area contributed by atoms with Gasteiger partial charge >= 0.3 is 24.0 Å². The van der Waals surface area contributed by atoms with Crippen LogP contribution >= 0.6 is 18.2 Å². The van der Waals surface area contributed by atoms with Crippen LogP contribution in [-0.4, -0.2) is 42.2 Å². The minimum absolute atomic E-state index is 0.00130. The molecule has 0 aliphatic heterocycles. The Morgan fingerprint density at radius 2 is 1.14 bits per heavy atom. The van der Waals surface area contributed by atoms with E-state index in [1.54, 1.807) is 18.2 Å². The predicted octanol–water partition coefficient (Wildman–Crippen LogP) is 7.03. The lowest BCUT2D eigenvalue weighted by atomic mass is 9.96. The standard InChI is InChI=1S/C31H22F7O3PS/c1-41-28(40)27(24(20-25(39)26-18-11-19-43-26)29(32,33)30(34,35)31(36,37)38)42(21-12-5-2-6-13-21,22-14-7-3-8-15-22)23-16-9-4-10-17-23/h2-20H,1H3/b24-20-. The van der Waals surface area contributed by atoms with E-state index in [9.17, 15) is 31.5 Å². The zero-order chi connectivity index (χ0) is 31.5. The van der Waals surface area contributed by atoms with Gasteiger partial charge in [0, 0.05) is 5.57 Å². The lowest BCUT2D eigenvalue weighted by molar-refractivity contribution is -0.343. The second kappa shape index (κ2) is 12.3. The zero-order valence-electron chi connectivity index (χ0n) is 22.2. The molecule has 12 heteroatoms. The number of esters is 1. The summed E-state index contributed by atoms with van der Waals surface area (Å²) in [6, 6.07) is 25.1. The number of ether oxygens (including phenoxy) is 1. The van der Waals surface area contributed by atoms with Crippen LogP contribution in [0.3, 0.4) is 0 Å². The Hall–Kier alpha value is -3.95. The number of allylic oxidation sites excluding steroid dienone is 1. The van der Waals surface area contributed by atoms with Crippen LogP contribution in [0, 0.1) is 0 Å². The van der Waals surface area contributed by atoms with Gasteiger partial charge in [-0.2, -0.15) is 30.7 Å². The molecule has 1 aromatic heterocycles. The summed E-state index contributed by atoms with van der Waals surface area (Å²) < 4.78 is 108. The molecule has 0 radical (unpaired) electrons. The number of thiophene rings is 1. The van der Waals surface area contributed by atoms with Gasteiger partial charge in [-0.1, -0.05) is 97.1 Å². The first kappa shape index (κ1) is 32.0. The molecule has 0 aliphatic carbocycles. The molecule has 0 saturated heterocycles. The summed E-state index contributed by atoms with van der Waals surface area (Å²) in [7, 11) is 0.788. The molecule has 0 amide bonds. The van der Waals surface area contributed by atoms with Gasteiger partial charge in [0.25, 0.3) is 0 Å². The van der Waals surface area contributed by atoms with Gasteiger partial charge in [-0.25, -0.2) is 4.79 Å². The number of halogens is 7. The van der Waals surface area contributed by atoms with Crippen molar-refractivity contribution in [2.24, 2.45) is 0 Å². The lowest BCUT2D eigenvalue weighted by Crippen LogP contribution is -2.55. The van der Waals surface area contributed by atoms with E-state index in [1.165, 1.54) is 90.3 Å². The van der Waals surface area contributed by atoms with Crippen molar-refractivity contribution in [1.82, 2.24) is 0 Å². The molecule has 0 unspecified atom stereocenters. The summed E-state index contributed by atoms with van der Waals surface area (Å²) in [6.07, 6.45) is -6.75. The van der Waals surface area contributed by atoms with Crippen molar-refractivity contribution >= 4 is 51.2 Å². The monoisotopic (exact) mass is 638 g/mol. The Balaban J connectivity index is 2.37. The Morgan fingerprint density at radius 1 is 0.698 bits per heavy atom. The van der Waals surface area contributed by atoms with Crippen molar-refractivity contribution in [3.05, 3.63) is 125 Å². The van der Waals surface area contributed by atoms with Gasteiger partial charge < -0.3 is 4.74 Å². The number of carbonyl (C=O) groups excluding carboxylic acids is 2. The maximum absolute atomic E-state index is 16.1. The molecule has 0 atom stereocenters. The summed E-state index contributed by atoms with van der Waals surface area (Å²) in [5.41, 5.74) is -2.09. The second-order valence-electron chi connectivity index (χ2n) is 9.06. The van der Waals surface area contributed by atoms with Crippen molar-refractivity contribution in [3.63, 3.8) is 0 Å². The molecular formula is C31H22F7O3PS. The van der Waals surface area contributed by atoms with Gasteiger partial charge in [-0.3, -0.25) is 4.79 Å². The van der Waals surface area contributed by atoms with E-state index in [0.29, 0.717) is 0 Å². The smallest absolute Gasteiger partial charge is 0.460 e. The Labute approximate surface area is 246 Å². The van der Waals surface area contributed by atoms with Gasteiger partial charge in [-0.05, 0) is 40.3 Å². The number of methoxy groups -OCH3 is 1. The molecule has 224 valence electrons. The largest absolute Gasteiger partial charge is 0.465 e. The summed E-state index contributed by atoms with van der Waals surface area (Å²) in [5.74, 6) is -15.7. The number of ketones is 1. The highest BCUT2D eigenvalue weighted by molar-refractivity contribution is 7.96. The van der Waals surface area contributed by atoms with Gasteiger partial charge in [0.1, 0.15) is 0 Å². The predicted molar refractivity (Wildman–Crippen MR) is 155 cm³/mol. The Bertz CT molecular complexity index is 1560. The van der Waals surface area contributed by atoms with E-state index in [1.807, 2.05) is 0 Å². The number of carbonyl (C=O) groups is 2. The first-order chi connectivity index (χ1) is 20.3. The number of hydrogen-bond acceptors (Lipinski definition) is 4. The number of hydrogen-bond donors (Lipinski definition) is 0. The quantitative estimate of drug-likeness (QED) is 0.0651. The third-order valence-electron chi connectivity index (χ3n) is 6.53. The fourth-order valence-corrected chi connectivity index (χ4v) is 9.68. The maximum Gasteiger partial charge on any atom is 0.460 e. The molecule has 3 nitrogen and oxygen atoms in total. The van der Waals surface area contributed by atoms with E-state index < -0.39 is 47.5 Å². The molecule has 0 aliphatic rings. The van der Waals surface area contributed by atoms with Crippen LogP contribution in [0.5, 0.6) is 0 Å². The van der Waals surface area contributed by atoms with E-state index in [-0.39, 0.29) is 26.9 Å². The number of rotatable bonds is 9. The van der Waals surface area contributed by atoms with Crippen molar-refractivity contribution in [1.29, 1.82) is 0 Å². The maximum atomic E-state index is 16.1. The van der Waals surface area contributed by atoms with Gasteiger partial charge in [0.15, 0.2) is 5.78 Å². The molecule has 43 heavy (non-hydrogen) atoms. The Morgan fingerprint density at radius 3 is 1.49 bits per heavy atom. The minimum Gasteiger partial charge on any atom is -0.465 e. The summed E-state index contributed by atoms with van der Waals surface area (Å²) in [6.45, 7) is -4.10. The Kier molecular flexibility index (Phi) is 9.18.